The van der Waals surface area contributed by atoms with E-state index in [4.69, 9.17) is 10.5 Å². The van der Waals surface area contributed by atoms with Crippen LogP contribution in [0.3, 0.4) is 0 Å². The second kappa shape index (κ2) is 3.54. The third-order valence-corrected chi connectivity index (χ3v) is 1.99. The number of benzene rings is 1. The van der Waals surface area contributed by atoms with Crippen molar-refractivity contribution in [2.24, 2.45) is 0 Å². The summed E-state index contributed by atoms with van der Waals surface area (Å²) < 4.78 is 5.39. The first-order valence-electron chi connectivity index (χ1n) is 4.58. The maximum absolute atomic E-state index is 5.58. The van der Waals surface area contributed by atoms with Crippen LogP contribution in [-0.2, 0) is 0 Å². The summed E-state index contributed by atoms with van der Waals surface area (Å²) in [6.07, 6.45) is 0. The SMILES string of the molecule is CCOc1ccc2nc(N)ccc2c1. The van der Waals surface area contributed by atoms with Gasteiger partial charge in [0.05, 0.1) is 12.1 Å². The second-order valence-corrected chi connectivity index (χ2v) is 3.02. The fourth-order valence-corrected chi connectivity index (χ4v) is 1.38. The third kappa shape index (κ3) is 1.62. The number of rotatable bonds is 2. The molecule has 0 bridgehead atoms. The minimum atomic E-state index is 0.543. The van der Waals surface area contributed by atoms with Gasteiger partial charge in [0.25, 0.3) is 0 Å². The van der Waals surface area contributed by atoms with Crippen molar-refractivity contribution in [1.29, 1.82) is 0 Å². The van der Waals surface area contributed by atoms with Gasteiger partial charge in [0.15, 0.2) is 0 Å². The second-order valence-electron chi connectivity index (χ2n) is 3.02. The number of pyridine rings is 1. The number of anilines is 1. The third-order valence-electron chi connectivity index (χ3n) is 1.99. The lowest BCUT2D eigenvalue weighted by Gasteiger charge is -2.04. The van der Waals surface area contributed by atoms with E-state index in [9.17, 15) is 0 Å². The molecule has 0 unspecified atom stereocenters. The molecule has 3 nitrogen and oxygen atoms in total. The molecule has 0 aliphatic carbocycles. The molecule has 0 radical (unpaired) electrons. The fraction of sp³-hybridized carbons (Fsp3) is 0.182. The lowest BCUT2D eigenvalue weighted by atomic mass is 10.2. The Morgan fingerprint density at radius 1 is 1.29 bits per heavy atom. The van der Waals surface area contributed by atoms with Gasteiger partial charge >= 0.3 is 0 Å². The van der Waals surface area contributed by atoms with Gasteiger partial charge in [-0.1, -0.05) is 0 Å². The van der Waals surface area contributed by atoms with Gasteiger partial charge in [-0.05, 0) is 37.3 Å². The highest BCUT2D eigenvalue weighted by molar-refractivity contribution is 5.81. The Balaban J connectivity index is 2.50. The molecule has 1 aromatic carbocycles. The van der Waals surface area contributed by atoms with Gasteiger partial charge in [0.2, 0.25) is 0 Å². The number of fused-ring (bicyclic) bond motifs is 1. The summed E-state index contributed by atoms with van der Waals surface area (Å²) in [6.45, 7) is 2.64. The van der Waals surface area contributed by atoms with E-state index in [1.54, 1.807) is 6.07 Å². The Morgan fingerprint density at radius 2 is 2.14 bits per heavy atom. The molecule has 0 aliphatic heterocycles. The lowest BCUT2D eigenvalue weighted by molar-refractivity contribution is 0.340. The van der Waals surface area contributed by atoms with E-state index in [2.05, 4.69) is 4.98 Å². The Morgan fingerprint density at radius 3 is 2.93 bits per heavy atom. The molecule has 1 heterocycles. The van der Waals surface area contributed by atoms with Crippen molar-refractivity contribution in [2.45, 2.75) is 6.92 Å². The number of ether oxygens (including phenoxy) is 1. The van der Waals surface area contributed by atoms with E-state index in [0.29, 0.717) is 12.4 Å². The van der Waals surface area contributed by atoms with E-state index in [1.165, 1.54) is 0 Å². The molecule has 0 fully saturated rings. The van der Waals surface area contributed by atoms with Crippen LogP contribution in [0, 0.1) is 0 Å². The molecular formula is C11H12N2O. The van der Waals surface area contributed by atoms with E-state index >= 15 is 0 Å². The molecule has 2 aromatic rings. The summed E-state index contributed by atoms with van der Waals surface area (Å²) in [5.41, 5.74) is 6.47. The summed E-state index contributed by atoms with van der Waals surface area (Å²) in [5.74, 6) is 1.41. The van der Waals surface area contributed by atoms with Gasteiger partial charge in [-0.2, -0.15) is 0 Å². The molecule has 2 N–H and O–H groups in total. The molecule has 72 valence electrons. The zero-order chi connectivity index (χ0) is 9.97. The van der Waals surface area contributed by atoms with Crippen molar-refractivity contribution in [3.63, 3.8) is 0 Å². The molecule has 0 spiro atoms. The Hall–Kier alpha value is -1.77. The summed E-state index contributed by atoms with van der Waals surface area (Å²) in [7, 11) is 0. The molecule has 3 heteroatoms. The Kier molecular flexibility index (Phi) is 2.23. The zero-order valence-corrected chi connectivity index (χ0v) is 8.03. The highest BCUT2D eigenvalue weighted by atomic mass is 16.5. The highest BCUT2D eigenvalue weighted by Crippen LogP contribution is 2.20. The van der Waals surface area contributed by atoms with E-state index in [-0.39, 0.29) is 0 Å². The summed E-state index contributed by atoms with van der Waals surface area (Å²) >= 11 is 0. The number of nitrogens with zero attached hydrogens (tertiary/aromatic N) is 1. The normalized spacial score (nSPS) is 10.4. The van der Waals surface area contributed by atoms with Crippen LogP contribution in [-0.4, -0.2) is 11.6 Å². The van der Waals surface area contributed by atoms with Crippen molar-refractivity contribution in [3.05, 3.63) is 30.3 Å². The van der Waals surface area contributed by atoms with Gasteiger partial charge in [-0.15, -0.1) is 0 Å². The standard InChI is InChI=1S/C11H12N2O/c1-2-14-9-4-5-10-8(7-9)3-6-11(12)13-10/h3-7H,2H2,1H3,(H2,12,13). The quantitative estimate of drug-likeness (QED) is 0.786. The maximum atomic E-state index is 5.58. The van der Waals surface area contributed by atoms with Crippen LogP contribution in [0.2, 0.25) is 0 Å². The van der Waals surface area contributed by atoms with Crippen molar-refractivity contribution >= 4 is 16.7 Å². The molecule has 0 atom stereocenters. The Bertz CT molecular complexity index is 454. The molecule has 0 aliphatic rings. The average molecular weight is 188 g/mol. The number of nitrogens with two attached hydrogens (primary N) is 1. The molecule has 1 aromatic heterocycles. The van der Waals surface area contributed by atoms with Crippen molar-refractivity contribution in [1.82, 2.24) is 4.98 Å². The van der Waals surface area contributed by atoms with Crippen LogP contribution >= 0.6 is 0 Å². The number of aromatic nitrogens is 1. The number of hydrogen-bond donors (Lipinski definition) is 1. The minimum Gasteiger partial charge on any atom is -0.494 e. The van der Waals surface area contributed by atoms with Crippen LogP contribution in [0.15, 0.2) is 30.3 Å². The van der Waals surface area contributed by atoms with Crippen molar-refractivity contribution < 1.29 is 4.74 Å². The predicted molar refractivity (Wildman–Crippen MR) is 57.3 cm³/mol. The first-order valence-corrected chi connectivity index (χ1v) is 4.58. The van der Waals surface area contributed by atoms with Crippen molar-refractivity contribution in [2.75, 3.05) is 12.3 Å². The van der Waals surface area contributed by atoms with E-state index in [1.807, 2.05) is 31.2 Å². The molecule has 0 amide bonds. The molecular weight excluding hydrogens is 176 g/mol. The lowest BCUT2D eigenvalue weighted by Crippen LogP contribution is -1.92. The predicted octanol–water partition coefficient (Wildman–Crippen LogP) is 2.22. The molecule has 2 rings (SSSR count). The van der Waals surface area contributed by atoms with Gasteiger partial charge in [-0.25, -0.2) is 4.98 Å². The topological polar surface area (TPSA) is 48.1 Å². The van der Waals surface area contributed by atoms with Gasteiger partial charge in [0.1, 0.15) is 11.6 Å². The van der Waals surface area contributed by atoms with Crippen LogP contribution in [0.25, 0.3) is 10.9 Å². The van der Waals surface area contributed by atoms with Gasteiger partial charge < -0.3 is 10.5 Å². The largest absolute Gasteiger partial charge is 0.494 e. The zero-order valence-electron chi connectivity index (χ0n) is 8.03. The van der Waals surface area contributed by atoms with Crippen LogP contribution < -0.4 is 10.5 Å². The summed E-state index contributed by atoms with van der Waals surface area (Å²) in [6, 6.07) is 9.51. The average Bonchev–Trinajstić information content (AvgIpc) is 2.19. The smallest absolute Gasteiger partial charge is 0.124 e. The van der Waals surface area contributed by atoms with Gasteiger partial charge in [-0.3, -0.25) is 0 Å². The van der Waals surface area contributed by atoms with Crippen molar-refractivity contribution in [3.8, 4) is 5.75 Å². The first kappa shape index (κ1) is 8.81. The van der Waals surface area contributed by atoms with Crippen LogP contribution in [0.5, 0.6) is 5.75 Å². The first-order chi connectivity index (χ1) is 6.79. The van der Waals surface area contributed by atoms with E-state index < -0.39 is 0 Å². The van der Waals surface area contributed by atoms with E-state index in [0.717, 1.165) is 16.7 Å². The summed E-state index contributed by atoms with van der Waals surface area (Å²) in [4.78, 5) is 4.20. The summed E-state index contributed by atoms with van der Waals surface area (Å²) in [5, 5.41) is 1.05. The van der Waals surface area contributed by atoms with Crippen LogP contribution in [0.4, 0.5) is 5.82 Å². The van der Waals surface area contributed by atoms with Gasteiger partial charge in [0, 0.05) is 5.39 Å². The minimum absolute atomic E-state index is 0.543. The maximum Gasteiger partial charge on any atom is 0.124 e. The fourth-order valence-electron chi connectivity index (χ4n) is 1.38. The molecule has 14 heavy (non-hydrogen) atoms. The number of hydrogen-bond acceptors (Lipinski definition) is 3. The Labute approximate surface area is 82.5 Å². The number of nitrogen functional groups attached to an aromatic ring is 1. The molecule has 0 saturated carbocycles. The molecule has 0 saturated heterocycles. The van der Waals surface area contributed by atoms with Crippen LogP contribution in [0.1, 0.15) is 6.92 Å². The monoisotopic (exact) mass is 188 g/mol. The highest BCUT2D eigenvalue weighted by Gasteiger charge is 1.98.